The van der Waals surface area contributed by atoms with Gasteiger partial charge in [0.15, 0.2) is 0 Å². The molecule has 7 heteroatoms. The van der Waals surface area contributed by atoms with Crippen LogP contribution in [0.15, 0.2) is 0 Å². The van der Waals surface area contributed by atoms with Crippen molar-refractivity contribution in [1.82, 2.24) is 5.32 Å². The molecule has 0 aromatic heterocycles. The van der Waals surface area contributed by atoms with Crippen LogP contribution in [0.25, 0.3) is 0 Å². The molecule has 0 aromatic rings. The molecule has 0 saturated carbocycles. The minimum absolute atomic E-state index is 0.0329. The topological polar surface area (TPSA) is 119 Å². The Labute approximate surface area is 118 Å². The first kappa shape index (κ1) is 18.4. The molecular weight excluding hydrogens is 264 g/mol. The predicted molar refractivity (Wildman–Crippen MR) is 72.9 cm³/mol. The van der Waals surface area contributed by atoms with Crippen LogP contribution in [0.5, 0.6) is 0 Å². The van der Waals surface area contributed by atoms with Crippen LogP contribution in [-0.2, 0) is 19.1 Å². The molecule has 0 rings (SSSR count). The third kappa shape index (κ3) is 4.80. The van der Waals surface area contributed by atoms with Gasteiger partial charge < -0.3 is 20.9 Å². The number of amides is 1. The smallest absolute Gasteiger partial charge is 0.326 e. The fraction of sp³-hybridized carbons (Fsp3) is 0.769. The van der Waals surface area contributed by atoms with E-state index >= 15 is 0 Å². The third-order valence-corrected chi connectivity index (χ3v) is 3.65. The summed E-state index contributed by atoms with van der Waals surface area (Å²) < 4.78 is 4.44. The van der Waals surface area contributed by atoms with Crippen LogP contribution in [0.4, 0.5) is 0 Å². The summed E-state index contributed by atoms with van der Waals surface area (Å²) in [5.74, 6) is -2.20. The second kappa shape index (κ2) is 6.69. The maximum absolute atomic E-state index is 12.2. The average Bonchev–Trinajstić information content (AvgIpc) is 2.31. The number of carbonyl (C=O) groups is 3. The second-order valence-electron chi connectivity index (χ2n) is 5.83. The van der Waals surface area contributed by atoms with Gasteiger partial charge in [-0.3, -0.25) is 9.59 Å². The SMILES string of the molecule is COC(=O)CC[C@H](NC(=O)C(C)(C)C(C)(C)N)C(=O)O. The van der Waals surface area contributed by atoms with Gasteiger partial charge in [-0.05, 0) is 34.1 Å². The molecule has 0 aliphatic heterocycles. The van der Waals surface area contributed by atoms with Gasteiger partial charge in [-0.1, -0.05) is 0 Å². The van der Waals surface area contributed by atoms with E-state index in [1.807, 2.05) is 0 Å². The van der Waals surface area contributed by atoms with E-state index in [2.05, 4.69) is 10.1 Å². The second-order valence-corrected chi connectivity index (χ2v) is 5.83. The zero-order valence-electron chi connectivity index (χ0n) is 12.6. The predicted octanol–water partition coefficient (Wildman–Crippen LogP) is 0.273. The number of rotatable bonds is 7. The zero-order chi connectivity index (χ0) is 16.1. The number of carboxylic acid groups (broad SMARTS) is 1. The molecule has 7 nitrogen and oxygen atoms in total. The van der Waals surface area contributed by atoms with E-state index in [9.17, 15) is 14.4 Å². The number of nitrogens with two attached hydrogens (primary N) is 1. The fourth-order valence-electron chi connectivity index (χ4n) is 1.25. The summed E-state index contributed by atoms with van der Waals surface area (Å²) in [6.07, 6.45) is -0.116. The minimum Gasteiger partial charge on any atom is -0.480 e. The summed E-state index contributed by atoms with van der Waals surface area (Å²) in [6.45, 7) is 6.66. The van der Waals surface area contributed by atoms with Gasteiger partial charge in [0.25, 0.3) is 0 Å². The molecule has 0 bridgehead atoms. The Balaban J connectivity index is 4.81. The van der Waals surface area contributed by atoms with Crippen LogP contribution in [-0.4, -0.2) is 41.6 Å². The van der Waals surface area contributed by atoms with E-state index < -0.39 is 34.8 Å². The number of aliphatic carboxylic acids is 1. The Morgan fingerprint density at radius 1 is 1.25 bits per heavy atom. The molecule has 0 unspecified atom stereocenters. The first-order chi connectivity index (χ1) is 8.93. The van der Waals surface area contributed by atoms with E-state index in [1.165, 1.54) is 7.11 Å². The van der Waals surface area contributed by atoms with Crippen LogP contribution >= 0.6 is 0 Å². The summed E-state index contributed by atoms with van der Waals surface area (Å²) in [5.41, 5.74) is 4.16. The minimum atomic E-state index is -1.20. The molecule has 1 atom stereocenters. The van der Waals surface area contributed by atoms with Gasteiger partial charge in [0.2, 0.25) is 5.91 Å². The zero-order valence-corrected chi connectivity index (χ0v) is 12.6. The quantitative estimate of drug-likeness (QED) is 0.579. The molecule has 0 fully saturated rings. The lowest BCUT2D eigenvalue weighted by molar-refractivity contribution is -0.146. The number of carboxylic acids is 1. The molecule has 0 aliphatic carbocycles. The van der Waals surface area contributed by atoms with Gasteiger partial charge in [0.05, 0.1) is 12.5 Å². The first-order valence-corrected chi connectivity index (χ1v) is 6.33. The van der Waals surface area contributed by atoms with Gasteiger partial charge in [-0.2, -0.15) is 0 Å². The van der Waals surface area contributed by atoms with Gasteiger partial charge in [0.1, 0.15) is 6.04 Å². The highest BCUT2D eigenvalue weighted by Crippen LogP contribution is 2.28. The summed E-state index contributed by atoms with van der Waals surface area (Å²) >= 11 is 0. The van der Waals surface area contributed by atoms with Crippen molar-refractivity contribution in [1.29, 1.82) is 0 Å². The highest BCUT2D eigenvalue weighted by atomic mass is 16.5. The number of esters is 1. The molecule has 0 aliphatic rings. The maximum Gasteiger partial charge on any atom is 0.326 e. The molecule has 0 heterocycles. The van der Waals surface area contributed by atoms with E-state index in [4.69, 9.17) is 10.8 Å². The van der Waals surface area contributed by atoms with Crippen molar-refractivity contribution in [3.63, 3.8) is 0 Å². The Hall–Kier alpha value is -1.63. The molecule has 116 valence electrons. The number of methoxy groups -OCH3 is 1. The van der Waals surface area contributed by atoms with Crippen molar-refractivity contribution in [2.24, 2.45) is 11.1 Å². The van der Waals surface area contributed by atoms with Gasteiger partial charge in [-0.25, -0.2) is 4.79 Å². The van der Waals surface area contributed by atoms with Crippen molar-refractivity contribution in [3.8, 4) is 0 Å². The summed E-state index contributed by atoms with van der Waals surface area (Å²) in [5, 5.41) is 11.5. The summed E-state index contributed by atoms with van der Waals surface area (Å²) in [6, 6.07) is -1.15. The van der Waals surface area contributed by atoms with Crippen LogP contribution in [0.2, 0.25) is 0 Å². The Bertz CT molecular complexity index is 385. The lowest BCUT2D eigenvalue weighted by atomic mass is 9.74. The monoisotopic (exact) mass is 288 g/mol. The van der Waals surface area contributed by atoms with Crippen LogP contribution < -0.4 is 11.1 Å². The molecule has 1 amide bonds. The van der Waals surface area contributed by atoms with Crippen molar-refractivity contribution >= 4 is 17.8 Å². The molecule has 0 radical (unpaired) electrons. The Kier molecular flexibility index (Phi) is 6.15. The van der Waals surface area contributed by atoms with Crippen molar-refractivity contribution in [2.75, 3.05) is 7.11 Å². The number of ether oxygens (including phenoxy) is 1. The van der Waals surface area contributed by atoms with Gasteiger partial charge in [0, 0.05) is 12.0 Å². The molecule has 0 aromatic carbocycles. The largest absolute Gasteiger partial charge is 0.480 e. The number of nitrogens with one attached hydrogen (secondary N) is 1. The molecule has 0 saturated heterocycles. The maximum atomic E-state index is 12.2. The lowest BCUT2D eigenvalue weighted by Gasteiger charge is -2.37. The summed E-state index contributed by atoms with van der Waals surface area (Å²) in [4.78, 5) is 34.3. The third-order valence-electron chi connectivity index (χ3n) is 3.65. The highest BCUT2D eigenvalue weighted by Gasteiger charge is 2.41. The molecule has 0 spiro atoms. The van der Waals surface area contributed by atoms with E-state index in [-0.39, 0.29) is 12.8 Å². The molecule has 4 N–H and O–H groups in total. The normalized spacial score (nSPS) is 13.5. The van der Waals surface area contributed by atoms with Crippen LogP contribution in [0.3, 0.4) is 0 Å². The van der Waals surface area contributed by atoms with Crippen LogP contribution in [0.1, 0.15) is 40.5 Å². The van der Waals surface area contributed by atoms with E-state index in [1.54, 1.807) is 27.7 Å². The summed E-state index contributed by atoms with van der Waals surface area (Å²) in [7, 11) is 1.22. The molecular formula is C13H24N2O5. The lowest BCUT2D eigenvalue weighted by Crippen LogP contribution is -2.58. The first-order valence-electron chi connectivity index (χ1n) is 6.33. The van der Waals surface area contributed by atoms with Crippen molar-refractivity contribution in [2.45, 2.75) is 52.1 Å². The van der Waals surface area contributed by atoms with E-state index in [0.29, 0.717) is 0 Å². The van der Waals surface area contributed by atoms with Crippen LogP contribution in [0, 0.1) is 5.41 Å². The highest BCUT2D eigenvalue weighted by molar-refractivity contribution is 5.88. The number of hydrogen-bond donors (Lipinski definition) is 3. The standard InChI is InChI=1S/C13H24N2O5/c1-12(2,13(3,4)14)11(19)15-8(10(17)18)6-7-9(16)20-5/h8H,6-7,14H2,1-5H3,(H,15,19)(H,17,18)/t8-/m0/s1. The number of hydrogen-bond acceptors (Lipinski definition) is 5. The fourth-order valence-corrected chi connectivity index (χ4v) is 1.25. The van der Waals surface area contributed by atoms with Gasteiger partial charge >= 0.3 is 11.9 Å². The average molecular weight is 288 g/mol. The van der Waals surface area contributed by atoms with Crippen molar-refractivity contribution < 1.29 is 24.2 Å². The van der Waals surface area contributed by atoms with E-state index in [0.717, 1.165) is 0 Å². The van der Waals surface area contributed by atoms with Crippen molar-refractivity contribution in [3.05, 3.63) is 0 Å². The Morgan fingerprint density at radius 2 is 1.75 bits per heavy atom. The Morgan fingerprint density at radius 3 is 2.10 bits per heavy atom. The molecule has 20 heavy (non-hydrogen) atoms. The van der Waals surface area contributed by atoms with Gasteiger partial charge in [-0.15, -0.1) is 0 Å². The number of carbonyl (C=O) groups excluding carboxylic acids is 2.